The number of ketones is 1. The van der Waals surface area contributed by atoms with Crippen molar-refractivity contribution in [2.45, 2.75) is 19.8 Å². The van der Waals surface area contributed by atoms with Gasteiger partial charge in [0.15, 0.2) is 5.78 Å². The standard InChI is InChI=1S/C12H16N2O/c1-2-3-7-13-9-6-12(15)11-5-4-8-14-10-11/h4-6,8-10,13H,2-3,7H2,1H3/b9-6+. The van der Waals surface area contributed by atoms with Gasteiger partial charge in [-0.25, -0.2) is 0 Å². The zero-order valence-corrected chi connectivity index (χ0v) is 8.94. The number of aromatic nitrogens is 1. The average Bonchev–Trinajstić information content (AvgIpc) is 2.30. The minimum absolute atomic E-state index is 0.0212. The number of nitrogens with one attached hydrogen (secondary N) is 1. The van der Waals surface area contributed by atoms with Gasteiger partial charge >= 0.3 is 0 Å². The summed E-state index contributed by atoms with van der Waals surface area (Å²) in [6, 6.07) is 3.51. The molecule has 0 aliphatic carbocycles. The van der Waals surface area contributed by atoms with Crippen molar-refractivity contribution in [2.75, 3.05) is 6.54 Å². The number of allylic oxidation sites excluding steroid dienone is 1. The molecule has 0 atom stereocenters. The molecule has 0 saturated heterocycles. The molecule has 80 valence electrons. The maximum Gasteiger partial charge on any atom is 0.188 e. The maximum atomic E-state index is 11.5. The molecule has 3 heteroatoms. The van der Waals surface area contributed by atoms with Crippen LogP contribution in [0.1, 0.15) is 30.1 Å². The summed E-state index contributed by atoms with van der Waals surface area (Å²) in [5.74, 6) is -0.0212. The van der Waals surface area contributed by atoms with Crippen LogP contribution in [-0.4, -0.2) is 17.3 Å². The monoisotopic (exact) mass is 204 g/mol. The van der Waals surface area contributed by atoms with Crippen LogP contribution in [0, 0.1) is 0 Å². The lowest BCUT2D eigenvalue weighted by Crippen LogP contribution is -2.07. The zero-order chi connectivity index (χ0) is 10.9. The number of hydrogen-bond donors (Lipinski definition) is 1. The molecule has 1 N–H and O–H groups in total. The summed E-state index contributed by atoms with van der Waals surface area (Å²) in [5, 5.41) is 3.07. The number of hydrogen-bond acceptors (Lipinski definition) is 3. The highest BCUT2D eigenvalue weighted by atomic mass is 16.1. The van der Waals surface area contributed by atoms with E-state index in [-0.39, 0.29) is 5.78 Å². The Hall–Kier alpha value is -1.64. The van der Waals surface area contributed by atoms with Gasteiger partial charge in [0, 0.05) is 36.8 Å². The Bertz CT molecular complexity index is 320. The second-order valence-corrected chi connectivity index (χ2v) is 3.25. The summed E-state index contributed by atoms with van der Waals surface area (Å²) < 4.78 is 0. The van der Waals surface area contributed by atoms with Crippen LogP contribution >= 0.6 is 0 Å². The predicted octanol–water partition coefficient (Wildman–Crippen LogP) is 2.17. The van der Waals surface area contributed by atoms with Crippen LogP contribution in [0.4, 0.5) is 0 Å². The van der Waals surface area contributed by atoms with Gasteiger partial charge < -0.3 is 5.32 Å². The first kappa shape index (κ1) is 11.4. The molecule has 0 aliphatic heterocycles. The van der Waals surface area contributed by atoms with E-state index < -0.39 is 0 Å². The van der Waals surface area contributed by atoms with Crippen LogP contribution in [-0.2, 0) is 0 Å². The van der Waals surface area contributed by atoms with E-state index in [2.05, 4.69) is 17.2 Å². The Morgan fingerprint density at radius 2 is 2.47 bits per heavy atom. The molecule has 0 amide bonds. The first-order chi connectivity index (χ1) is 7.34. The number of carbonyl (C=O) groups is 1. The smallest absolute Gasteiger partial charge is 0.188 e. The fourth-order valence-electron chi connectivity index (χ4n) is 1.10. The third-order valence-corrected chi connectivity index (χ3v) is 1.97. The van der Waals surface area contributed by atoms with Crippen molar-refractivity contribution in [3.8, 4) is 0 Å². The van der Waals surface area contributed by atoms with Crippen LogP contribution in [0.25, 0.3) is 0 Å². The van der Waals surface area contributed by atoms with Gasteiger partial charge in [-0.2, -0.15) is 0 Å². The van der Waals surface area contributed by atoms with Crippen molar-refractivity contribution in [3.05, 3.63) is 42.4 Å². The van der Waals surface area contributed by atoms with E-state index >= 15 is 0 Å². The molecule has 0 radical (unpaired) electrons. The third-order valence-electron chi connectivity index (χ3n) is 1.97. The van der Waals surface area contributed by atoms with Crippen molar-refractivity contribution in [1.82, 2.24) is 10.3 Å². The van der Waals surface area contributed by atoms with E-state index in [0.717, 1.165) is 19.4 Å². The molecule has 3 nitrogen and oxygen atoms in total. The summed E-state index contributed by atoms with van der Waals surface area (Å²) in [6.45, 7) is 3.04. The van der Waals surface area contributed by atoms with Gasteiger partial charge in [0.25, 0.3) is 0 Å². The molecule has 0 unspecified atom stereocenters. The van der Waals surface area contributed by atoms with Gasteiger partial charge in [-0.05, 0) is 18.6 Å². The second kappa shape index (κ2) is 6.76. The average molecular weight is 204 g/mol. The Balaban J connectivity index is 2.36. The fourth-order valence-corrected chi connectivity index (χ4v) is 1.10. The van der Waals surface area contributed by atoms with E-state index in [4.69, 9.17) is 0 Å². The largest absolute Gasteiger partial charge is 0.391 e. The van der Waals surface area contributed by atoms with Crippen LogP contribution in [0.3, 0.4) is 0 Å². The van der Waals surface area contributed by atoms with E-state index in [1.54, 1.807) is 30.7 Å². The van der Waals surface area contributed by atoms with Crippen molar-refractivity contribution in [2.24, 2.45) is 0 Å². The van der Waals surface area contributed by atoms with Crippen molar-refractivity contribution < 1.29 is 4.79 Å². The number of nitrogens with zero attached hydrogens (tertiary/aromatic N) is 1. The molecule has 1 aromatic heterocycles. The molecule has 0 fully saturated rings. The highest BCUT2D eigenvalue weighted by molar-refractivity contribution is 6.04. The van der Waals surface area contributed by atoms with Gasteiger partial charge in [0.05, 0.1) is 0 Å². The molecule has 1 heterocycles. The quantitative estimate of drug-likeness (QED) is 0.438. The molecule has 15 heavy (non-hydrogen) atoms. The van der Waals surface area contributed by atoms with Gasteiger partial charge in [0.1, 0.15) is 0 Å². The summed E-state index contributed by atoms with van der Waals surface area (Å²) >= 11 is 0. The number of rotatable bonds is 6. The van der Waals surface area contributed by atoms with Crippen LogP contribution in [0.15, 0.2) is 36.8 Å². The van der Waals surface area contributed by atoms with Gasteiger partial charge in [-0.3, -0.25) is 9.78 Å². The van der Waals surface area contributed by atoms with Crippen LogP contribution in [0.2, 0.25) is 0 Å². The summed E-state index contributed by atoms with van der Waals surface area (Å²) in [7, 11) is 0. The van der Waals surface area contributed by atoms with E-state index in [1.165, 1.54) is 6.08 Å². The van der Waals surface area contributed by atoms with E-state index in [1.807, 2.05) is 0 Å². The number of carbonyl (C=O) groups excluding carboxylic acids is 1. The molecule has 0 bridgehead atoms. The molecule has 0 saturated carbocycles. The second-order valence-electron chi connectivity index (χ2n) is 3.25. The number of unbranched alkanes of at least 4 members (excludes halogenated alkanes) is 1. The Kier molecular flexibility index (Phi) is 5.15. The first-order valence-electron chi connectivity index (χ1n) is 5.19. The SMILES string of the molecule is CCCCN/C=C/C(=O)c1cccnc1. The number of pyridine rings is 1. The Morgan fingerprint density at radius 3 is 3.13 bits per heavy atom. The molecule has 0 spiro atoms. The topological polar surface area (TPSA) is 42.0 Å². The zero-order valence-electron chi connectivity index (χ0n) is 8.94. The third kappa shape index (κ3) is 4.40. The molecular formula is C12H16N2O. The molecular weight excluding hydrogens is 188 g/mol. The first-order valence-corrected chi connectivity index (χ1v) is 5.19. The van der Waals surface area contributed by atoms with Gasteiger partial charge in [-0.15, -0.1) is 0 Å². The lowest BCUT2D eigenvalue weighted by atomic mass is 10.2. The van der Waals surface area contributed by atoms with Gasteiger partial charge in [-0.1, -0.05) is 13.3 Å². The predicted molar refractivity (Wildman–Crippen MR) is 60.6 cm³/mol. The van der Waals surface area contributed by atoms with E-state index in [9.17, 15) is 4.79 Å². The van der Waals surface area contributed by atoms with Crippen molar-refractivity contribution >= 4 is 5.78 Å². The Labute approximate surface area is 90.2 Å². The molecule has 0 aromatic carbocycles. The Morgan fingerprint density at radius 1 is 1.60 bits per heavy atom. The van der Waals surface area contributed by atoms with Crippen molar-refractivity contribution in [1.29, 1.82) is 0 Å². The lowest BCUT2D eigenvalue weighted by Gasteiger charge is -1.97. The van der Waals surface area contributed by atoms with Crippen LogP contribution in [0.5, 0.6) is 0 Å². The minimum atomic E-state index is -0.0212. The summed E-state index contributed by atoms with van der Waals surface area (Å²) in [5.41, 5.74) is 0.617. The summed E-state index contributed by atoms with van der Waals surface area (Å²) in [4.78, 5) is 15.4. The molecule has 1 aromatic rings. The highest BCUT2D eigenvalue weighted by Crippen LogP contribution is 1.97. The normalized spacial score (nSPS) is 10.5. The maximum absolute atomic E-state index is 11.5. The van der Waals surface area contributed by atoms with Crippen molar-refractivity contribution in [3.63, 3.8) is 0 Å². The highest BCUT2D eigenvalue weighted by Gasteiger charge is 1.98. The van der Waals surface area contributed by atoms with E-state index in [0.29, 0.717) is 5.56 Å². The molecule has 1 rings (SSSR count). The molecule has 0 aliphatic rings. The fraction of sp³-hybridized carbons (Fsp3) is 0.333. The minimum Gasteiger partial charge on any atom is -0.391 e. The summed E-state index contributed by atoms with van der Waals surface area (Å²) in [6.07, 6.45) is 8.72. The lowest BCUT2D eigenvalue weighted by molar-refractivity contribution is 0.104. The van der Waals surface area contributed by atoms with Gasteiger partial charge in [0.2, 0.25) is 0 Å². The van der Waals surface area contributed by atoms with Crippen LogP contribution < -0.4 is 5.32 Å².